The van der Waals surface area contributed by atoms with E-state index >= 15 is 0 Å². The smallest absolute Gasteiger partial charge is 0.271 e. The van der Waals surface area contributed by atoms with Crippen LogP contribution >= 0.6 is 22.9 Å². The van der Waals surface area contributed by atoms with Crippen LogP contribution in [0.1, 0.15) is 29.9 Å². The molecule has 1 aromatic carbocycles. The number of nitrogens with one attached hydrogen (secondary N) is 1. The minimum Gasteiger partial charge on any atom is -0.279 e. The van der Waals surface area contributed by atoms with Crippen molar-refractivity contribution in [2.24, 2.45) is 0 Å². The van der Waals surface area contributed by atoms with Crippen LogP contribution in [0, 0.1) is 6.92 Å². The number of sulfonamides is 1. The summed E-state index contributed by atoms with van der Waals surface area (Å²) in [6, 6.07) is 7.13. The molecular weight excluding hydrogens is 314 g/mol. The Kier molecular flexibility index (Phi) is 3.52. The second-order valence-electron chi connectivity index (χ2n) is 4.96. The minimum absolute atomic E-state index is 0.410. The first kappa shape index (κ1) is 13.9. The molecule has 1 heterocycles. The van der Waals surface area contributed by atoms with Gasteiger partial charge in [-0.05, 0) is 60.4 Å². The van der Waals surface area contributed by atoms with Gasteiger partial charge in [0.25, 0.3) is 10.0 Å². The predicted octanol–water partition coefficient (Wildman–Crippen LogP) is 4.39. The Morgan fingerprint density at radius 2 is 2.05 bits per heavy atom. The van der Waals surface area contributed by atoms with Crippen molar-refractivity contribution < 1.29 is 8.42 Å². The number of halogens is 1. The predicted molar refractivity (Wildman–Crippen MR) is 83.3 cm³/mol. The largest absolute Gasteiger partial charge is 0.279 e. The van der Waals surface area contributed by atoms with E-state index in [0.29, 0.717) is 20.8 Å². The van der Waals surface area contributed by atoms with Gasteiger partial charge in [-0.2, -0.15) is 0 Å². The molecule has 0 saturated heterocycles. The van der Waals surface area contributed by atoms with Crippen LogP contribution < -0.4 is 4.72 Å². The number of thiophene rings is 1. The maximum Gasteiger partial charge on any atom is 0.271 e. The van der Waals surface area contributed by atoms with Gasteiger partial charge in [-0.1, -0.05) is 17.7 Å². The normalized spacial score (nSPS) is 15.3. The van der Waals surface area contributed by atoms with E-state index in [1.807, 2.05) is 11.4 Å². The third kappa shape index (κ3) is 2.57. The van der Waals surface area contributed by atoms with Crippen molar-refractivity contribution in [2.45, 2.75) is 29.9 Å². The summed E-state index contributed by atoms with van der Waals surface area (Å²) in [4.78, 5) is 0. The van der Waals surface area contributed by atoms with Crippen LogP contribution in [0.2, 0.25) is 5.02 Å². The highest BCUT2D eigenvalue weighted by atomic mass is 35.5. The monoisotopic (exact) mass is 327 g/mol. The first-order valence-corrected chi connectivity index (χ1v) is 9.08. The summed E-state index contributed by atoms with van der Waals surface area (Å²) >= 11 is 7.30. The summed E-state index contributed by atoms with van der Waals surface area (Å²) in [7, 11) is -3.54. The van der Waals surface area contributed by atoms with Crippen molar-refractivity contribution >= 4 is 38.6 Å². The van der Waals surface area contributed by atoms with Crippen molar-refractivity contribution in [3.05, 3.63) is 45.8 Å². The lowest BCUT2D eigenvalue weighted by Crippen LogP contribution is -2.13. The van der Waals surface area contributed by atoms with E-state index in [2.05, 4.69) is 4.72 Å². The number of rotatable bonds is 4. The van der Waals surface area contributed by atoms with E-state index in [1.54, 1.807) is 25.1 Å². The van der Waals surface area contributed by atoms with Gasteiger partial charge in [0, 0.05) is 5.02 Å². The van der Waals surface area contributed by atoms with Gasteiger partial charge >= 0.3 is 0 Å². The van der Waals surface area contributed by atoms with E-state index in [4.69, 9.17) is 11.6 Å². The Morgan fingerprint density at radius 1 is 1.30 bits per heavy atom. The highest BCUT2D eigenvalue weighted by Crippen LogP contribution is 2.45. The third-order valence-corrected chi connectivity index (χ3v) is 6.72. The van der Waals surface area contributed by atoms with Gasteiger partial charge in [-0.3, -0.25) is 4.72 Å². The van der Waals surface area contributed by atoms with Crippen molar-refractivity contribution in [1.82, 2.24) is 0 Å². The zero-order chi connectivity index (χ0) is 14.3. The Balaban J connectivity index is 1.96. The number of anilines is 1. The lowest BCUT2D eigenvalue weighted by Gasteiger charge is -2.11. The highest BCUT2D eigenvalue weighted by molar-refractivity contribution is 7.94. The molecule has 0 unspecified atom stereocenters. The van der Waals surface area contributed by atoms with Crippen LogP contribution in [0.3, 0.4) is 0 Å². The fourth-order valence-electron chi connectivity index (χ4n) is 2.13. The fraction of sp³-hybridized carbons (Fsp3) is 0.286. The Morgan fingerprint density at radius 3 is 2.75 bits per heavy atom. The van der Waals surface area contributed by atoms with Crippen LogP contribution in [-0.2, 0) is 10.0 Å². The second-order valence-corrected chi connectivity index (χ2v) is 8.16. The van der Waals surface area contributed by atoms with E-state index in [1.165, 1.54) is 11.3 Å². The topological polar surface area (TPSA) is 46.2 Å². The second kappa shape index (κ2) is 5.06. The molecule has 0 spiro atoms. The molecule has 1 fully saturated rings. The molecule has 1 saturated carbocycles. The molecule has 6 heteroatoms. The number of hydrogen-bond donors (Lipinski definition) is 1. The molecule has 1 aliphatic carbocycles. The molecule has 0 amide bonds. The maximum absolute atomic E-state index is 12.5. The minimum atomic E-state index is -3.54. The SMILES string of the molecule is Cc1c(Cl)cccc1NS(=O)(=O)c1sccc1C1CC1. The number of benzene rings is 1. The molecule has 1 aliphatic rings. The van der Waals surface area contributed by atoms with E-state index < -0.39 is 10.0 Å². The summed E-state index contributed by atoms with van der Waals surface area (Å²) in [6.45, 7) is 1.80. The molecule has 0 radical (unpaired) electrons. The Hall–Kier alpha value is -1.04. The molecule has 2 aromatic rings. The lowest BCUT2D eigenvalue weighted by atomic mass is 10.2. The van der Waals surface area contributed by atoms with Crippen molar-refractivity contribution in [2.75, 3.05) is 4.72 Å². The van der Waals surface area contributed by atoms with Gasteiger partial charge in [0.05, 0.1) is 5.69 Å². The van der Waals surface area contributed by atoms with Gasteiger partial charge < -0.3 is 0 Å². The van der Waals surface area contributed by atoms with Crippen molar-refractivity contribution in [1.29, 1.82) is 0 Å². The van der Waals surface area contributed by atoms with E-state index in [-0.39, 0.29) is 0 Å². The molecule has 20 heavy (non-hydrogen) atoms. The molecule has 0 aliphatic heterocycles. The molecule has 3 rings (SSSR count). The lowest BCUT2D eigenvalue weighted by molar-refractivity contribution is 0.602. The molecular formula is C14H14ClNO2S2. The summed E-state index contributed by atoms with van der Waals surface area (Å²) in [5, 5.41) is 2.39. The molecule has 0 bridgehead atoms. The van der Waals surface area contributed by atoms with Crippen LogP contribution in [0.15, 0.2) is 33.9 Å². The highest BCUT2D eigenvalue weighted by Gasteiger charge is 2.31. The Labute approximate surface area is 127 Å². The van der Waals surface area contributed by atoms with Crippen LogP contribution in [0.5, 0.6) is 0 Å². The van der Waals surface area contributed by atoms with Crippen molar-refractivity contribution in [3.8, 4) is 0 Å². The average Bonchev–Trinajstić information content (AvgIpc) is 3.11. The summed E-state index contributed by atoms with van der Waals surface area (Å²) in [5.74, 6) is 0.410. The van der Waals surface area contributed by atoms with Gasteiger partial charge in [0.1, 0.15) is 4.21 Å². The van der Waals surface area contributed by atoms with Crippen LogP contribution in [0.25, 0.3) is 0 Å². The molecule has 1 N–H and O–H groups in total. The zero-order valence-corrected chi connectivity index (χ0v) is 13.3. The fourth-order valence-corrected chi connectivity index (χ4v) is 4.96. The van der Waals surface area contributed by atoms with Gasteiger partial charge in [0.15, 0.2) is 0 Å². The zero-order valence-electron chi connectivity index (χ0n) is 10.9. The average molecular weight is 328 g/mol. The Bertz CT molecular complexity index is 748. The third-order valence-electron chi connectivity index (χ3n) is 3.43. The van der Waals surface area contributed by atoms with E-state index in [9.17, 15) is 8.42 Å². The van der Waals surface area contributed by atoms with Crippen LogP contribution in [0.4, 0.5) is 5.69 Å². The summed E-state index contributed by atoms with van der Waals surface area (Å²) in [5.41, 5.74) is 2.22. The van der Waals surface area contributed by atoms with Gasteiger partial charge in [-0.25, -0.2) is 8.42 Å². The molecule has 0 atom stereocenters. The maximum atomic E-state index is 12.5. The first-order valence-electron chi connectivity index (χ1n) is 6.34. The van der Waals surface area contributed by atoms with Gasteiger partial charge in [-0.15, -0.1) is 11.3 Å². The first-order chi connectivity index (χ1) is 9.49. The number of hydrogen-bond acceptors (Lipinski definition) is 3. The quantitative estimate of drug-likeness (QED) is 0.905. The van der Waals surface area contributed by atoms with Crippen molar-refractivity contribution in [3.63, 3.8) is 0 Å². The van der Waals surface area contributed by atoms with Gasteiger partial charge in [0.2, 0.25) is 0 Å². The molecule has 3 nitrogen and oxygen atoms in total. The summed E-state index contributed by atoms with van der Waals surface area (Å²) in [6.07, 6.45) is 2.16. The summed E-state index contributed by atoms with van der Waals surface area (Å²) < 4.78 is 28.2. The standard InChI is InChI=1S/C14H14ClNO2S2/c1-9-12(15)3-2-4-13(9)16-20(17,18)14-11(7-8-19-14)10-5-6-10/h2-4,7-8,10,16H,5-6H2,1H3. The molecule has 106 valence electrons. The van der Waals surface area contributed by atoms with E-state index in [0.717, 1.165) is 24.0 Å². The molecule has 1 aromatic heterocycles. The van der Waals surface area contributed by atoms with Crippen LogP contribution in [-0.4, -0.2) is 8.42 Å².